The number of carbonyl (C=O) groups is 1. The highest BCUT2D eigenvalue weighted by Gasteiger charge is 2.12. The molecular weight excluding hydrogens is 344 g/mol. The number of aromatic nitrogens is 1. The molecule has 0 N–H and O–H groups in total. The molecule has 0 fully saturated rings. The second kappa shape index (κ2) is 7.02. The third kappa shape index (κ3) is 3.27. The van der Waals surface area contributed by atoms with Crippen LogP contribution in [0.25, 0.3) is 16.3 Å². The number of ether oxygens (including phenoxy) is 2. The quantitative estimate of drug-likeness (QED) is 0.670. The second-order valence-corrected chi connectivity index (χ2v) is 6.91. The number of carbonyl (C=O) groups excluding carboxylic acids is 1. The molecule has 0 spiro atoms. The lowest BCUT2D eigenvalue weighted by Gasteiger charge is -2.06. The van der Waals surface area contributed by atoms with Crippen LogP contribution in [0.4, 0.5) is 0 Å². The smallest absolute Gasteiger partial charge is 0.272 e. The molecule has 0 saturated heterocycles. The van der Waals surface area contributed by atoms with E-state index in [2.05, 4.69) is 4.99 Å². The van der Waals surface area contributed by atoms with Crippen LogP contribution in [0.2, 0.25) is 0 Å². The molecule has 0 saturated carbocycles. The van der Waals surface area contributed by atoms with Crippen LogP contribution in [-0.4, -0.2) is 24.7 Å². The zero-order valence-electron chi connectivity index (χ0n) is 13.5. The van der Waals surface area contributed by atoms with E-state index in [-0.39, 0.29) is 5.91 Å². The average molecular weight is 360 g/mol. The van der Waals surface area contributed by atoms with Gasteiger partial charge in [0.05, 0.1) is 18.9 Å². The Bertz CT molecular complexity index is 966. The Morgan fingerprint density at radius 2 is 2.12 bits per heavy atom. The van der Waals surface area contributed by atoms with E-state index in [9.17, 15) is 4.79 Å². The monoisotopic (exact) mass is 360 g/mol. The van der Waals surface area contributed by atoms with Crippen LogP contribution in [-0.2, 0) is 11.8 Å². The molecular formula is C17H16N2O3S2. The molecule has 3 rings (SSSR count). The van der Waals surface area contributed by atoms with Crippen LogP contribution >= 0.6 is 22.7 Å². The van der Waals surface area contributed by atoms with E-state index in [0.29, 0.717) is 16.3 Å². The lowest BCUT2D eigenvalue weighted by atomic mass is 10.3. The highest BCUT2D eigenvalue weighted by atomic mass is 32.1. The minimum atomic E-state index is -0.295. The maximum Gasteiger partial charge on any atom is 0.272 e. The zero-order valence-corrected chi connectivity index (χ0v) is 15.1. The van der Waals surface area contributed by atoms with Gasteiger partial charge in [-0.25, -0.2) is 0 Å². The van der Waals surface area contributed by atoms with Gasteiger partial charge in [-0.15, -0.1) is 11.3 Å². The first-order valence-corrected chi connectivity index (χ1v) is 8.84. The van der Waals surface area contributed by atoms with Crippen molar-refractivity contribution in [3.8, 4) is 11.5 Å². The summed E-state index contributed by atoms with van der Waals surface area (Å²) in [5, 5.41) is 1.97. The van der Waals surface area contributed by atoms with Gasteiger partial charge in [-0.3, -0.25) is 4.79 Å². The summed E-state index contributed by atoms with van der Waals surface area (Å²) in [6.07, 6.45) is 3.25. The van der Waals surface area contributed by atoms with Crippen molar-refractivity contribution in [2.75, 3.05) is 14.2 Å². The molecule has 0 aliphatic rings. The molecule has 0 atom stereocenters. The molecule has 0 aliphatic carbocycles. The Kier molecular flexibility index (Phi) is 4.82. The van der Waals surface area contributed by atoms with Crippen molar-refractivity contribution in [1.82, 2.24) is 4.57 Å². The lowest BCUT2D eigenvalue weighted by molar-refractivity contribution is -0.113. The summed E-state index contributed by atoms with van der Waals surface area (Å²) in [6.45, 7) is 0. The highest BCUT2D eigenvalue weighted by molar-refractivity contribution is 7.16. The normalized spacial score (nSPS) is 12.2. The first-order valence-electron chi connectivity index (χ1n) is 7.14. The Hall–Kier alpha value is -2.38. The zero-order chi connectivity index (χ0) is 17.1. The minimum Gasteiger partial charge on any atom is -0.497 e. The van der Waals surface area contributed by atoms with Crippen molar-refractivity contribution in [1.29, 1.82) is 0 Å². The molecule has 0 radical (unpaired) electrons. The van der Waals surface area contributed by atoms with Crippen LogP contribution in [0.15, 0.2) is 40.7 Å². The predicted octanol–water partition coefficient (Wildman–Crippen LogP) is 3.46. The number of hydrogen-bond acceptors (Lipinski definition) is 5. The summed E-state index contributed by atoms with van der Waals surface area (Å²) in [6, 6.07) is 7.62. The van der Waals surface area contributed by atoms with Gasteiger partial charge in [0.2, 0.25) is 0 Å². The number of methoxy groups -OCH3 is 2. The van der Waals surface area contributed by atoms with Crippen molar-refractivity contribution in [3.63, 3.8) is 0 Å². The van der Waals surface area contributed by atoms with E-state index in [1.54, 1.807) is 31.6 Å². The van der Waals surface area contributed by atoms with E-state index < -0.39 is 0 Å². The van der Waals surface area contributed by atoms with Gasteiger partial charge in [0.25, 0.3) is 5.91 Å². The van der Waals surface area contributed by atoms with Gasteiger partial charge in [0.1, 0.15) is 17.0 Å². The van der Waals surface area contributed by atoms with Gasteiger partial charge in [-0.05, 0) is 23.6 Å². The van der Waals surface area contributed by atoms with Crippen molar-refractivity contribution < 1.29 is 14.3 Å². The number of fused-ring (bicyclic) bond motifs is 1. The van der Waals surface area contributed by atoms with Crippen LogP contribution in [0, 0.1) is 0 Å². The third-order valence-corrected chi connectivity index (χ3v) is 5.35. The Morgan fingerprint density at radius 3 is 2.79 bits per heavy atom. The fraction of sp³-hybridized carbons (Fsp3) is 0.176. The molecule has 24 heavy (non-hydrogen) atoms. The van der Waals surface area contributed by atoms with Gasteiger partial charge in [-0.2, -0.15) is 4.99 Å². The third-order valence-electron chi connectivity index (χ3n) is 3.43. The van der Waals surface area contributed by atoms with Crippen molar-refractivity contribution in [3.05, 3.63) is 45.4 Å². The van der Waals surface area contributed by atoms with Crippen LogP contribution in [0.3, 0.4) is 0 Å². The van der Waals surface area contributed by atoms with E-state index >= 15 is 0 Å². The van der Waals surface area contributed by atoms with Crippen molar-refractivity contribution >= 4 is 44.9 Å². The lowest BCUT2D eigenvalue weighted by Crippen LogP contribution is -2.12. The molecule has 2 aromatic heterocycles. The average Bonchev–Trinajstić information content (AvgIpc) is 3.21. The van der Waals surface area contributed by atoms with Gasteiger partial charge >= 0.3 is 0 Å². The topological polar surface area (TPSA) is 52.8 Å². The van der Waals surface area contributed by atoms with Crippen molar-refractivity contribution in [2.45, 2.75) is 0 Å². The SMILES string of the molecule is COc1cc(OC)c2c(c1)sc(=NC(=O)/C=C/c1cccs1)n2C. The standard InChI is InChI=1S/C17H16N2O3S2/c1-19-16-13(22-3)9-11(21-2)10-14(16)24-17(19)18-15(20)7-6-12-5-4-8-23-12/h4-10H,1-3H3/b7-6+,18-17?. The molecule has 2 heterocycles. The summed E-state index contributed by atoms with van der Waals surface area (Å²) in [7, 11) is 5.08. The molecule has 1 aromatic carbocycles. The van der Waals surface area contributed by atoms with E-state index in [1.807, 2.05) is 41.3 Å². The van der Waals surface area contributed by atoms with Gasteiger partial charge in [-0.1, -0.05) is 17.4 Å². The predicted molar refractivity (Wildman–Crippen MR) is 97.8 cm³/mol. The summed E-state index contributed by atoms with van der Waals surface area (Å²) < 4.78 is 13.5. The molecule has 0 aliphatic heterocycles. The largest absolute Gasteiger partial charge is 0.497 e. The molecule has 0 unspecified atom stereocenters. The Labute approximate surface area is 147 Å². The molecule has 5 nitrogen and oxygen atoms in total. The minimum absolute atomic E-state index is 0.295. The second-order valence-electron chi connectivity index (χ2n) is 4.92. The highest BCUT2D eigenvalue weighted by Crippen LogP contribution is 2.32. The first kappa shape index (κ1) is 16.5. The summed E-state index contributed by atoms with van der Waals surface area (Å²) in [5.74, 6) is 1.10. The number of benzene rings is 1. The van der Waals surface area contributed by atoms with Crippen LogP contribution < -0.4 is 14.3 Å². The molecule has 0 bridgehead atoms. The number of aryl methyl sites for hydroxylation is 1. The van der Waals surface area contributed by atoms with Crippen LogP contribution in [0.5, 0.6) is 11.5 Å². The summed E-state index contributed by atoms with van der Waals surface area (Å²) >= 11 is 2.99. The number of rotatable bonds is 4. The molecule has 1 amide bonds. The van der Waals surface area contributed by atoms with Crippen molar-refractivity contribution in [2.24, 2.45) is 12.0 Å². The maximum atomic E-state index is 12.1. The van der Waals surface area contributed by atoms with E-state index in [1.165, 1.54) is 17.4 Å². The fourth-order valence-electron chi connectivity index (χ4n) is 2.27. The number of amides is 1. The Morgan fingerprint density at radius 1 is 1.29 bits per heavy atom. The molecule has 3 aromatic rings. The Balaban J connectivity index is 2.03. The van der Waals surface area contributed by atoms with Gasteiger partial charge in [0.15, 0.2) is 4.80 Å². The van der Waals surface area contributed by atoms with Crippen LogP contribution in [0.1, 0.15) is 4.88 Å². The maximum absolute atomic E-state index is 12.1. The van der Waals surface area contributed by atoms with E-state index in [4.69, 9.17) is 9.47 Å². The molecule has 7 heteroatoms. The first-order chi connectivity index (χ1) is 11.6. The number of hydrogen-bond donors (Lipinski definition) is 0. The number of thiophene rings is 1. The van der Waals surface area contributed by atoms with E-state index in [0.717, 1.165) is 15.1 Å². The summed E-state index contributed by atoms with van der Waals surface area (Å²) in [5.41, 5.74) is 0.886. The number of nitrogens with zero attached hydrogens (tertiary/aromatic N) is 2. The van der Waals surface area contributed by atoms with Gasteiger partial charge in [0, 0.05) is 24.1 Å². The number of thiazole rings is 1. The van der Waals surface area contributed by atoms with Gasteiger partial charge < -0.3 is 14.0 Å². The molecule has 124 valence electrons. The fourth-order valence-corrected chi connectivity index (χ4v) is 3.96. The summed E-state index contributed by atoms with van der Waals surface area (Å²) in [4.78, 5) is 17.9.